The van der Waals surface area contributed by atoms with Crippen LogP contribution in [-0.4, -0.2) is 32.1 Å². The number of hydrazone groups is 1. The molecule has 1 amide bonds. The molecule has 3 N–H and O–H groups in total. The highest BCUT2D eigenvalue weighted by Gasteiger charge is 2.05. The third kappa shape index (κ3) is 4.08. The average molecular weight is 302 g/mol. The Morgan fingerprint density at radius 1 is 1.36 bits per heavy atom. The predicted molar refractivity (Wildman–Crippen MR) is 81.8 cm³/mol. The van der Waals surface area contributed by atoms with E-state index >= 15 is 0 Å². The molecule has 0 aliphatic heterocycles. The summed E-state index contributed by atoms with van der Waals surface area (Å²) in [5, 5.41) is 26.8. The van der Waals surface area contributed by atoms with Gasteiger partial charge < -0.3 is 10.2 Å². The Morgan fingerprint density at radius 2 is 2.14 bits per heavy atom. The standard InChI is InChI=1S/C15H18N4O3/c1-10-7-11(2)19(18-10)6-5-15(22)17-16-9-12-3-4-13(20)8-14(12)21/h3-4,7-9,20-21H,5-6H2,1-2H3,(H,17,22)/b16-9-. The van der Waals surface area contributed by atoms with E-state index < -0.39 is 0 Å². The molecule has 0 saturated carbocycles. The Hall–Kier alpha value is -2.83. The van der Waals surface area contributed by atoms with Gasteiger partial charge in [0.25, 0.3) is 0 Å². The van der Waals surface area contributed by atoms with Crippen molar-refractivity contribution in [3.63, 3.8) is 0 Å². The Bertz CT molecular complexity index is 707. The third-order valence-electron chi connectivity index (χ3n) is 3.06. The number of carbonyl (C=O) groups is 1. The molecule has 7 nitrogen and oxygen atoms in total. The fourth-order valence-electron chi connectivity index (χ4n) is 1.98. The second-order valence-corrected chi connectivity index (χ2v) is 4.94. The van der Waals surface area contributed by atoms with Gasteiger partial charge in [0, 0.05) is 23.7 Å². The summed E-state index contributed by atoms with van der Waals surface area (Å²) in [6.07, 6.45) is 1.57. The molecule has 0 aliphatic carbocycles. The first kappa shape index (κ1) is 15.6. The van der Waals surface area contributed by atoms with Crippen molar-refractivity contribution in [1.29, 1.82) is 0 Å². The molecule has 0 spiro atoms. The maximum atomic E-state index is 11.7. The van der Waals surface area contributed by atoms with Crippen LogP contribution in [0.3, 0.4) is 0 Å². The molecular formula is C15H18N4O3. The van der Waals surface area contributed by atoms with E-state index in [4.69, 9.17) is 0 Å². The zero-order chi connectivity index (χ0) is 16.1. The highest BCUT2D eigenvalue weighted by Crippen LogP contribution is 2.20. The number of aromatic hydroxyl groups is 2. The van der Waals surface area contributed by atoms with Crippen LogP contribution >= 0.6 is 0 Å². The van der Waals surface area contributed by atoms with Crippen molar-refractivity contribution in [3.05, 3.63) is 41.2 Å². The summed E-state index contributed by atoms with van der Waals surface area (Å²) in [6.45, 7) is 4.31. The lowest BCUT2D eigenvalue weighted by Gasteiger charge is -2.03. The van der Waals surface area contributed by atoms with Crippen LogP contribution in [0, 0.1) is 13.8 Å². The number of hydrogen-bond acceptors (Lipinski definition) is 5. The Kier molecular flexibility index (Phi) is 4.77. The lowest BCUT2D eigenvalue weighted by molar-refractivity contribution is -0.121. The van der Waals surface area contributed by atoms with Crippen LogP contribution < -0.4 is 5.43 Å². The second kappa shape index (κ2) is 6.75. The van der Waals surface area contributed by atoms with E-state index in [1.54, 1.807) is 4.68 Å². The number of carbonyl (C=O) groups excluding carboxylic acids is 1. The van der Waals surface area contributed by atoms with E-state index in [0.29, 0.717) is 12.1 Å². The highest BCUT2D eigenvalue weighted by molar-refractivity contribution is 5.85. The summed E-state index contributed by atoms with van der Waals surface area (Å²) >= 11 is 0. The first-order valence-corrected chi connectivity index (χ1v) is 6.80. The molecule has 2 rings (SSSR count). The minimum Gasteiger partial charge on any atom is -0.508 e. The van der Waals surface area contributed by atoms with Crippen molar-refractivity contribution >= 4 is 12.1 Å². The molecule has 1 heterocycles. The smallest absolute Gasteiger partial charge is 0.241 e. The van der Waals surface area contributed by atoms with Crippen LogP contribution in [0.2, 0.25) is 0 Å². The number of nitrogens with one attached hydrogen (secondary N) is 1. The molecular weight excluding hydrogens is 284 g/mol. The van der Waals surface area contributed by atoms with Crippen LogP contribution in [0.25, 0.3) is 0 Å². The van der Waals surface area contributed by atoms with Gasteiger partial charge in [-0.3, -0.25) is 9.48 Å². The van der Waals surface area contributed by atoms with Gasteiger partial charge in [-0.1, -0.05) is 0 Å². The van der Waals surface area contributed by atoms with Gasteiger partial charge in [-0.15, -0.1) is 0 Å². The molecule has 1 aromatic carbocycles. The van der Waals surface area contributed by atoms with Crippen molar-refractivity contribution in [1.82, 2.24) is 15.2 Å². The molecule has 0 fully saturated rings. The molecule has 2 aromatic rings. The number of aryl methyl sites for hydroxylation is 3. The molecule has 0 bridgehead atoms. The van der Waals surface area contributed by atoms with Crippen LogP contribution in [0.5, 0.6) is 11.5 Å². The fraction of sp³-hybridized carbons (Fsp3) is 0.267. The summed E-state index contributed by atoms with van der Waals surface area (Å²) in [5.74, 6) is -0.397. The van der Waals surface area contributed by atoms with Crippen molar-refractivity contribution in [2.45, 2.75) is 26.8 Å². The van der Waals surface area contributed by atoms with Crippen molar-refractivity contribution in [2.24, 2.45) is 5.10 Å². The number of nitrogens with zero attached hydrogens (tertiary/aromatic N) is 3. The van der Waals surface area contributed by atoms with Crippen LogP contribution in [0.1, 0.15) is 23.4 Å². The van der Waals surface area contributed by atoms with Crippen molar-refractivity contribution in [3.8, 4) is 11.5 Å². The van der Waals surface area contributed by atoms with Gasteiger partial charge in [-0.05, 0) is 32.0 Å². The lowest BCUT2D eigenvalue weighted by atomic mass is 10.2. The molecule has 0 unspecified atom stereocenters. The number of benzene rings is 1. The van der Waals surface area contributed by atoms with Gasteiger partial charge in [-0.25, -0.2) is 5.43 Å². The summed E-state index contributed by atoms with van der Waals surface area (Å²) < 4.78 is 1.77. The Labute approximate surface area is 127 Å². The molecule has 116 valence electrons. The van der Waals surface area contributed by atoms with Crippen LogP contribution in [0.15, 0.2) is 29.4 Å². The van der Waals surface area contributed by atoms with Gasteiger partial charge in [0.15, 0.2) is 0 Å². The molecule has 22 heavy (non-hydrogen) atoms. The minimum absolute atomic E-state index is 0.0384. The fourth-order valence-corrected chi connectivity index (χ4v) is 1.98. The zero-order valence-corrected chi connectivity index (χ0v) is 12.4. The number of phenolic OH excluding ortho intramolecular Hbond substituents is 2. The summed E-state index contributed by atoms with van der Waals surface area (Å²) in [5.41, 5.74) is 4.70. The second-order valence-electron chi connectivity index (χ2n) is 4.94. The molecule has 0 saturated heterocycles. The molecule has 1 aromatic heterocycles. The lowest BCUT2D eigenvalue weighted by Crippen LogP contribution is -2.20. The highest BCUT2D eigenvalue weighted by atomic mass is 16.3. The molecule has 0 radical (unpaired) electrons. The number of hydrogen-bond donors (Lipinski definition) is 3. The van der Waals surface area contributed by atoms with E-state index in [1.807, 2.05) is 19.9 Å². The number of amides is 1. The monoisotopic (exact) mass is 302 g/mol. The van der Waals surface area contributed by atoms with Crippen LogP contribution in [0.4, 0.5) is 0 Å². The normalized spacial score (nSPS) is 11.0. The number of aromatic nitrogens is 2. The predicted octanol–water partition coefficient (Wildman–Crippen LogP) is 1.45. The van der Waals surface area contributed by atoms with E-state index in [0.717, 1.165) is 11.4 Å². The maximum absolute atomic E-state index is 11.7. The summed E-state index contributed by atoms with van der Waals surface area (Å²) in [4.78, 5) is 11.7. The Morgan fingerprint density at radius 3 is 2.77 bits per heavy atom. The molecule has 0 aliphatic rings. The zero-order valence-electron chi connectivity index (χ0n) is 12.4. The molecule has 7 heteroatoms. The first-order chi connectivity index (χ1) is 10.5. The quantitative estimate of drug-likeness (QED) is 0.575. The van der Waals surface area contributed by atoms with Crippen molar-refractivity contribution < 1.29 is 15.0 Å². The maximum Gasteiger partial charge on any atom is 0.241 e. The SMILES string of the molecule is Cc1cc(C)n(CCC(=O)N/N=C\c2ccc(O)cc2O)n1. The summed E-state index contributed by atoms with van der Waals surface area (Å²) in [7, 11) is 0. The third-order valence-corrected chi connectivity index (χ3v) is 3.06. The van der Waals surface area contributed by atoms with Crippen molar-refractivity contribution in [2.75, 3.05) is 0 Å². The van der Waals surface area contributed by atoms with Gasteiger partial charge >= 0.3 is 0 Å². The topological polar surface area (TPSA) is 99.7 Å². The van der Waals surface area contributed by atoms with E-state index in [-0.39, 0.29) is 23.8 Å². The largest absolute Gasteiger partial charge is 0.508 e. The average Bonchev–Trinajstić information content (AvgIpc) is 2.77. The Balaban J connectivity index is 1.85. The minimum atomic E-state index is -0.248. The van der Waals surface area contributed by atoms with Gasteiger partial charge in [-0.2, -0.15) is 10.2 Å². The van der Waals surface area contributed by atoms with E-state index in [9.17, 15) is 15.0 Å². The summed E-state index contributed by atoms with van der Waals surface area (Å²) in [6, 6.07) is 6.07. The number of phenols is 2. The van der Waals surface area contributed by atoms with E-state index in [2.05, 4.69) is 15.6 Å². The van der Waals surface area contributed by atoms with Gasteiger partial charge in [0.2, 0.25) is 5.91 Å². The number of rotatable bonds is 5. The van der Waals surface area contributed by atoms with E-state index in [1.165, 1.54) is 24.4 Å². The van der Waals surface area contributed by atoms with Gasteiger partial charge in [0.1, 0.15) is 11.5 Å². The molecule has 0 atom stereocenters. The van der Waals surface area contributed by atoms with Gasteiger partial charge in [0.05, 0.1) is 18.5 Å². The van der Waals surface area contributed by atoms with Crippen LogP contribution in [-0.2, 0) is 11.3 Å². The first-order valence-electron chi connectivity index (χ1n) is 6.80.